The molecule has 0 heterocycles. The molecule has 0 unspecified atom stereocenters. The molecule has 0 aromatic carbocycles. The van der Waals surface area contributed by atoms with Gasteiger partial charge in [-0.05, 0) is 44.9 Å². The van der Waals surface area contributed by atoms with E-state index in [-0.39, 0.29) is 0 Å². The van der Waals surface area contributed by atoms with Crippen molar-refractivity contribution >= 4 is 5.97 Å². The van der Waals surface area contributed by atoms with E-state index in [1.165, 1.54) is 44.9 Å². The van der Waals surface area contributed by atoms with Gasteiger partial charge in [0.05, 0.1) is 0 Å². The Bertz CT molecular complexity index is 267. The minimum Gasteiger partial charge on any atom is -0.481 e. The average molecular weight is 280 g/mol. The van der Waals surface area contributed by atoms with Gasteiger partial charge in [0.15, 0.2) is 0 Å². The van der Waals surface area contributed by atoms with Crippen molar-refractivity contribution in [1.82, 2.24) is 0 Å². The SMILES string of the molecule is CCCCC=CCCCC=CCCCCCCC(=O)O. The molecule has 0 aliphatic rings. The van der Waals surface area contributed by atoms with Crippen molar-refractivity contribution in [2.45, 2.75) is 84.0 Å². The van der Waals surface area contributed by atoms with Crippen molar-refractivity contribution in [3.8, 4) is 0 Å². The van der Waals surface area contributed by atoms with Crippen molar-refractivity contribution in [3.05, 3.63) is 24.3 Å². The number of carboxylic acids is 1. The minimum absolute atomic E-state index is 0.321. The summed E-state index contributed by atoms with van der Waals surface area (Å²) in [5.41, 5.74) is 0. The predicted molar refractivity (Wildman–Crippen MR) is 87.0 cm³/mol. The molecule has 0 aromatic heterocycles. The molecule has 0 saturated heterocycles. The second-order valence-electron chi connectivity index (χ2n) is 5.36. The van der Waals surface area contributed by atoms with E-state index in [1.807, 2.05) is 0 Å². The largest absolute Gasteiger partial charge is 0.481 e. The number of hydrogen-bond donors (Lipinski definition) is 1. The molecule has 0 aliphatic carbocycles. The first kappa shape index (κ1) is 18.9. The van der Waals surface area contributed by atoms with E-state index in [0.29, 0.717) is 6.42 Å². The van der Waals surface area contributed by atoms with Crippen LogP contribution in [0, 0.1) is 0 Å². The number of aliphatic carboxylic acids is 1. The van der Waals surface area contributed by atoms with E-state index in [1.54, 1.807) is 0 Å². The monoisotopic (exact) mass is 280 g/mol. The lowest BCUT2D eigenvalue weighted by molar-refractivity contribution is -0.137. The zero-order valence-corrected chi connectivity index (χ0v) is 13.2. The van der Waals surface area contributed by atoms with Crippen LogP contribution >= 0.6 is 0 Å². The molecular formula is C18H32O2. The number of unbranched alkanes of at least 4 members (excludes halogenated alkanes) is 8. The van der Waals surface area contributed by atoms with Crippen LogP contribution in [0.25, 0.3) is 0 Å². The molecule has 0 rings (SSSR count). The van der Waals surface area contributed by atoms with Gasteiger partial charge in [-0.15, -0.1) is 0 Å². The third-order valence-electron chi connectivity index (χ3n) is 3.31. The molecular weight excluding hydrogens is 248 g/mol. The maximum absolute atomic E-state index is 10.3. The molecule has 2 heteroatoms. The molecule has 0 aromatic rings. The van der Waals surface area contributed by atoms with Crippen LogP contribution in [0.4, 0.5) is 0 Å². The molecule has 1 N–H and O–H groups in total. The maximum Gasteiger partial charge on any atom is 0.303 e. The van der Waals surface area contributed by atoms with Gasteiger partial charge in [-0.2, -0.15) is 0 Å². The van der Waals surface area contributed by atoms with Crippen LogP contribution in [0.5, 0.6) is 0 Å². The van der Waals surface area contributed by atoms with Crippen LogP contribution in [0.15, 0.2) is 24.3 Å². The highest BCUT2D eigenvalue weighted by Gasteiger charge is 1.95. The first-order chi connectivity index (χ1) is 9.77. The Balaban J connectivity index is 3.16. The first-order valence-electron chi connectivity index (χ1n) is 8.29. The molecule has 0 bridgehead atoms. The van der Waals surface area contributed by atoms with E-state index in [2.05, 4.69) is 31.2 Å². The van der Waals surface area contributed by atoms with Gasteiger partial charge in [0.25, 0.3) is 0 Å². The molecule has 0 fully saturated rings. The topological polar surface area (TPSA) is 37.3 Å². The maximum atomic E-state index is 10.3. The van der Waals surface area contributed by atoms with Gasteiger partial charge in [0, 0.05) is 6.42 Å². The second kappa shape index (κ2) is 16.0. The fourth-order valence-corrected chi connectivity index (χ4v) is 2.04. The molecule has 0 radical (unpaired) electrons. The summed E-state index contributed by atoms with van der Waals surface area (Å²) in [5.74, 6) is -0.673. The predicted octanol–water partition coefficient (Wildman–Crippen LogP) is 5.88. The lowest BCUT2D eigenvalue weighted by Gasteiger charge is -1.97. The smallest absolute Gasteiger partial charge is 0.303 e. The second-order valence-corrected chi connectivity index (χ2v) is 5.36. The lowest BCUT2D eigenvalue weighted by atomic mass is 10.1. The Kier molecular flexibility index (Phi) is 15.2. The van der Waals surface area contributed by atoms with Crippen molar-refractivity contribution in [1.29, 1.82) is 0 Å². The van der Waals surface area contributed by atoms with Crippen LogP contribution < -0.4 is 0 Å². The molecule has 0 saturated carbocycles. The van der Waals surface area contributed by atoms with E-state index in [4.69, 9.17) is 5.11 Å². The summed E-state index contributed by atoms with van der Waals surface area (Å²) in [5, 5.41) is 8.50. The van der Waals surface area contributed by atoms with E-state index >= 15 is 0 Å². The van der Waals surface area contributed by atoms with E-state index < -0.39 is 5.97 Å². The summed E-state index contributed by atoms with van der Waals surface area (Å²) in [7, 11) is 0. The van der Waals surface area contributed by atoms with E-state index in [9.17, 15) is 4.79 Å². The third kappa shape index (κ3) is 16.9. The Labute approximate surface area is 125 Å². The summed E-state index contributed by atoms with van der Waals surface area (Å²) in [6.45, 7) is 2.23. The molecule has 0 aliphatic heterocycles. The molecule has 0 amide bonds. The van der Waals surface area contributed by atoms with Gasteiger partial charge in [0.2, 0.25) is 0 Å². The lowest BCUT2D eigenvalue weighted by Crippen LogP contribution is -1.93. The first-order valence-corrected chi connectivity index (χ1v) is 8.29. The summed E-state index contributed by atoms with van der Waals surface area (Å²) in [4.78, 5) is 10.3. The van der Waals surface area contributed by atoms with Crippen LogP contribution in [-0.4, -0.2) is 11.1 Å². The number of carbonyl (C=O) groups is 1. The molecule has 20 heavy (non-hydrogen) atoms. The van der Waals surface area contributed by atoms with Crippen LogP contribution in [0.3, 0.4) is 0 Å². The number of rotatable bonds is 14. The van der Waals surface area contributed by atoms with Crippen molar-refractivity contribution < 1.29 is 9.90 Å². The Hall–Kier alpha value is -1.05. The fourth-order valence-electron chi connectivity index (χ4n) is 2.04. The fraction of sp³-hybridized carbons (Fsp3) is 0.722. The quantitative estimate of drug-likeness (QED) is 0.318. The zero-order valence-electron chi connectivity index (χ0n) is 13.2. The summed E-state index contributed by atoms with van der Waals surface area (Å²) in [6, 6.07) is 0. The summed E-state index contributed by atoms with van der Waals surface area (Å²) < 4.78 is 0. The van der Waals surface area contributed by atoms with Gasteiger partial charge >= 0.3 is 5.97 Å². The van der Waals surface area contributed by atoms with Crippen LogP contribution in [0.2, 0.25) is 0 Å². The number of allylic oxidation sites excluding steroid dienone is 4. The average Bonchev–Trinajstić information content (AvgIpc) is 2.43. The van der Waals surface area contributed by atoms with Gasteiger partial charge in [-0.1, -0.05) is 56.9 Å². The van der Waals surface area contributed by atoms with Crippen molar-refractivity contribution in [2.75, 3.05) is 0 Å². The van der Waals surface area contributed by atoms with Gasteiger partial charge in [0.1, 0.15) is 0 Å². The number of carboxylic acid groups (broad SMARTS) is 1. The van der Waals surface area contributed by atoms with Gasteiger partial charge < -0.3 is 5.11 Å². The van der Waals surface area contributed by atoms with Crippen LogP contribution in [-0.2, 0) is 4.79 Å². The normalized spacial score (nSPS) is 11.7. The zero-order chi connectivity index (χ0) is 14.9. The highest BCUT2D eigenvalue weighted by atomic mass is 16.4. The summed E-state index contributed by atoms with van der Waals surface area (Å²) in [6.07, 6.45) is 22.3. The third-order valence-corrected chi connectivity index (χ3v) is 3.31. The highest BCUT2D eigenvalue weighted by molar-refractivity contribution is 5.66. The van der Waals surface area contributed by atoms with Crippen molar-refractivity contribution in [3.63, 3.8) is 0 Å². The minimum atomic E-state index is -0.673. The van der Waals surface area contributed by atoms with Crippen LogP contribution in [0.1, 0.15) is 84.0 Å². The van der Waals surface area contributed by atoms with Crippen molar-refractivity contribution in [2.24, 2.45) is 0 Å². The standard InChI is InChI=1S/C18H32O2/c1-2-3-4-5-6-7-8-9-10-11-12-13-14-15-16-17-18(19)20/h5-6,10-11H,2-4,7-9,12-17H2,1H3,(H,19,20). The highest BCUT2D eigenvalue weighted by Crippen LogP contribution is 2.07. The van der Waals surface area contributed by atoms with Gasteiger partial charge in [-0.3, -0.25) is 4.79 Å². The Morgan fingerprint density at radius 1 is 0.750 bits per heavy atom. The molecule has 2 nitrogen and oxygen atoms in total. The number of hydrogen-bond acceptors (Lipinski definition) is 1. The Morgan fingerprint density at radius 3 is 1.80 bits per heavy atom. The molecule has 116 valence electrons. The summed E-state index contributed by atoms with van der Waals surface area (Å²) >= 11 is 0. The molecule has 0 atom stereocenters. The van der Waals surface area contributed by atoms with E-state index in [0.717, 1.165) is 25.7 Å². The Morgan fingerprint density at radius 2 is 1.25 bits per heavy atom. The van der Waals surface area contributed by atoms with Gasteiger partial charge in [-0.25, -0.2) is 0 Å². The molecule has 0 spiro atoms.